The molecule has 12 heavy (non-hydrogen) atoms. The van der Waals surface area contributed by atoms with Gasteiger partial charge in [-0.05, 0) is 11.4 Å². The van der Waals surface area contributed by atoms with Crippen LogP contribution in [0.3, 0.4) is 0 Å². The van der Waals surface area contributed by atoms with E-state index in [-0.39, 0.29) is 5.78 Å². The number of ketones is 1. The summed E-state index contributed by atoms with van der Waals surface area (Å²) in [5.41, 5.74) is 1.03. The molecule has 0 bridgehead atoms. The Balaban J connectivity index is 2.99. The fraction of sp³-hybridized carbons (Fsp3) is 0.444. The van der Waals surface area contributed by atoms with Crippen LogP contribution in [0.2, 0.25) is 0 Å². The average Bonchev–Trinajstić information content (AvgIpc) is 2.50. The van der Waals surface area contributed by atoms with Crippen molar-refractivity contribution in [3.8, 4) is 0 Å². The summed E-state index contributed by atoms with van der Waals surface area (Å²) in [5.74, 6) is 0.230. The van der Waals surface area contributed by atoms with Crippen LogP contribution >= 0.6 is 11.3 Å². The zero-order chi connectivity index (χ0) is 9.14. The molecule has 0 aliphatic heterocycles. The number of hydrogen-bond donors (Lipinski definition) is 0. The quantitative estimate of drug-likeness (QED) is 0.671. The van der Waals surface area contributed by atoms with Crippen molar-refractivity contribution >= 4 is 22.8 Å². The Morgan fingerprint density at radius 2 is 2.25 bits per heavy atom. The van der Waals surface area contributed by atoms with E-state index in [1.165, 1.54) is 11.3 Å². The van der Waals surface area contributed by atoms with E-state index in [4.69, 9.17) is 0 Å². The van der Waals surface area contributed by atoms with Crippen molar-refractivity contribution in [1.29, 1.82) is 0 Å². The minimum Gasteiger partial charge on any atom is -0.376 e. The van der Waals surface area contributed by atoms with Gasteiger partial charge >= 0.3 is 0 Å². The molecule has 0 aliphatic rings. The van der Waals surface area contributed by atoms with Crippen molar-refractivity contribution in [2.24, 2.45) is 0 Å². The van der Waals surface area contributed by atoms with E-state index >= 15 is 0 Å². The van der Waals surface area contributed by atoms with Crippen molar-refractivity contribution in [2.45, 2.75) is 13.3 Å². The number of rotatable bonds is 3. The molecule has 0 aromatic carbocycles. The van der Waals surface area contributed by atoms with Gasteiger partial charge < -0.3 is 4.90 Å². The van der Waals surface area contributed by atoms with Crippen LogP contribution in [0.25, 0.3) is 0 Å². The summed E-state index contributed by atoms with van der Waals surface area (Å²) in [7, 11) is 3.91. The van der Waals surface area contributed by atoms with Crippen molar-refractivity contribution in [2.75, 3.05) is 19.0 Å². The topological polar surface area (TPSA) is 20.3 Å². The van der Waals surface area contributed by atoms with E-state index in [0.29, 0.717) is 6.42 Å². The number of anilines is 1. The molecular formula is C9H13NOS. The number of carbonyl (C=O) groups excluding carboxylic acids is 1. The smallest absolute Gasteiger partial charge is 0.174 e. The van der Waals surface area contributed by atoms with Crippen molar-refractivity contribution in [1.82, 2.24) is 0 Å². The Morgan fingerprint density at radius 1 is 1.58 bits per heavy atom. The Morgan fingerprint density at radius 3 is 2.75 bits per heavy atom. The molecule has 0 N–H and O–H groups in total. The van der Waals surface area contributed by atoms with Gasteiger partial charge in [0.2, 0.25) is 0 Å². The van der Waals surface area contributed by atoms with Crippen molar-refractivity contribution in [3.05, 3.63) is 16.3 Å². The lowest BCUT2D eigenvalue weighted by Crippen LogP contribution is -2.11. The molecule has 1 aromatic heterocycles. The molecule has 3 heteroatoms. The van der Waals surface area contributed by atoms with Gasteiger partial charge in [0.1, 0.15) is 0 Å². The number of carbonyl (C=O) groups is 1. The summed E-state index contributed by atoms with van der Waals surface area (Å²) < 4.78 is 0. The van der Waals surface area contributed by atoms with E-state index < -0.39 is 0 Å². The van der Waals surface area contributed by atoms with Gasteiger partial charge in [0.25, 0.3) is 0 Å². The van der Waals surface area contributed by atoms with E-state index in [1.54, 1.807) is 0 Å². The Kier molecular flexibility index (Phi) is 2.87. The highest BCUT2D eigenvalue weighted by Gasteiger charge is 2.11. The monoisotopic (exact) mass is 183 g/mol. The molecule has 1 aromatic rings. The first-order valence-corrected chi connectivity index (χ1v) is 4.82. The Labute approximate surface area is 76.8 Å². The first-order valence-electron chi connectivity index (χ1n) is 3.94. The lowest BCUT2D eigenvalue weighted by Gasteiger charge is -2.11. The largest absolute Gasteiger partial charge is 0.376 e. The minimum atomic E-state index is 0.230. The van der Waals surface area contributed by atoms with Gasteiger partial charge in [-0.2, -0.15) is 0 Å². The molecule has 0 spiro atoms. The minimum absolute atomic E-state index is 0.230. The van der Waals surface area contributed by atoms with Gasteiger partial charge in [-0.15, -0.1) is 11.3 Å². The summed E-state index contributed by atoms with van der Waals surface area (Å²) in [4.78, 5) is 14.2. The summed E-state index contributed by atoms with van der Waals surface area (Å²) >= 11 is 1.52. The lowest BCUT2D eigenvalue weighted by atomic mass is 10.2. The first-order chi connectivity index (χ1) is 5.66. The molecular weight excluding hydrogens is 170 g/mol. The third kappa shape index (κ3) is 1.67. The fourth-order valence-corrected chi connectivity index (χ4v) is 2.00. The molecule has 0 saturated carbocycles. The summed E-state index contributed by atoms with van der Waals surface area (Å²) in [6.07, 6.45) is 0.585. The normalized spacial score (nSPS) is 9.92. The third-order valence-electron chi connectivity index (χ3n) is 1.70. The second-order valence-electron chi connectivity index (χ2n) is 2.81. The van der Waals surface area contributed by atoms with Crippen LogP contribution in [0, 0.1) is 0 Å². The van der Waals surface area contributed by atoms with Gasteiger partial charge in [0.15, 0.2) is 5.78 Å². The third-order valence-corrected chi connectivity index (χ3v) is 2.65. The molecule has 0 aliphatic carbocycles. The zero-order valence-electron chi connectivity index (χ0n) is 7.63. The maximum Gasteiger partial charge on any atom is 0.174 e. The molecule has 2 nitrogen and oxygen atoms in total. The average molecular weight is 183 g/mol. The Hall–Kier alpha value is -0.830. The predicted molar refractivity (Wildman–Crippen MR) is 53.3 cm³/mol. The maximum absolute atomic E-state index is 11.4. The highest BCUT2D eigenvalue weighted by atomic mass is 32.1. The second kappa shape index (κ2) is 3.72. The van der Waals surface area contributed by atoms with Gasteiger partial charge in [0.05, 0.1) is 10.6 Å². The van der Waals surface area contributed by atoms with Crippen LogP contribution in [0.5, 0.6) is 0 Å². The summed E-state index contributed by atoms with van der Waals surface area (Å²) in [6.45, 7) is 1.89. The molecule has 0 radical (unpaired) electrons. The van der Waals surface area contributed by atoms with Crippen LogP contribution in [-0.4, -0.2) is 19.9 Å². The summed E-state index contributed by atoms with van der Waals surface area (Å²) in [5, 5.41) is 1.96. The van der Waals surface area contributed by atoms with Crippen molar-refractivity contribution < 1.29 is 4.79 Å². The van der Waals surface area contributed by atoms with Crippen LogP contribution in [0.4, 0.5) is 5.69 Å². The molecule has 1 heterocycles. The van der Waals surface area contributed by atoms with Crippen LogP contribution < -0.4 is 4.90 Å². The number of thiophene rings is 1. The zero-order valence-corrected chi connectivity index (χ0v) is 8.44. The maximum atomic E-state index is 11.4. The van der Waals surface area contributed by atoms with Crippen LogP contribution in [-0.2, 0) is 0 Å². The predicted octanol–water partition coefficient (Wildman–Crippen LogP) is 2.41. The SMILES string of the molecule is CCC(=O)c1sccc1N(C)C. The highest BCUT2D eigenvalue weighted by Crippen LogP contribution is 2.25. The molecule has 0 saturated heterocycles. The van der Waals surface area contributed by atoms with Crippen LogP contribution in [0.15, 0.2) is 11.4 Å². The lowest BCUT2D eigenvalue weighted by molar-refractivity contribution is 0.0992. The van der Waals surface area contributed by atoms with Crippen molar-refractivity contribution in [3.63, 3.8) is 0 Å². The van der Waals surface area contributed by atoms with Crippen LogP contribution in [0.1, 0.15) is 23.0 Å². The standard InChI is InChI=1S/C9H13NOS/c1-4-8(11)9-7(10(2)3)5-6-12-9/h5-6H,4H2,1-3H3. The number of hydrogen-bond acceptors (Lipinski definition) is 3. The molecule has 0 fully saturated rings. The fourth-order valence-electron chi connectivity index (χ4n) is 1.02. The van der Waals surface area contributed by atoms with Gasteiger partial charge in [-0.3, -0.25) is 4.79 Å². The highest BCUT2D eigenvalue weighted by molar-refractivity contribution is 7.12. The molecule has 0 atom stereocenters. The first kappa shape index (κ1) is 9.26. The van der Waals surface area contributed by atoms with E-state index in [0.717, 1.165) is 10.6 Å². The van der Waals surface area contributed by atoms with Gasteiger partial charge in [-0.25, -0.2) is 0 Å². The molecule has 1 rings (SSSR count). The van der Waals surface area contributed by atoms with E-state index in [2.05, 4.69) is 0 Å². The molecule has 66 valence electrons. The molecule has 0 amide bonds. The Bertz CT molecular complexity index is 278. The van der Waals surface area contributed by atoms with E-state index in [1.807, 2.05) is 37.4 Å². The van der Waals surface area contributed by atoms with E-state index in [9.17, 15) is 4.79 Å². The molecule has 0 unspecified atom stereocenters. The summed E-state index contributed by atoms with van der Waals surface area (Å²) in [6, 6.07) is 1.98. The second-order valence-corrected chi connectivity index (χ2v) is 3.72. The number of Topliss-reactive ketones (excluding diaryl/α,β-unsaturated/α-hetero) is 1. The van der Waals surface area contributed by atoms with Gasteiger partial charge in [0, 0.05) is 20.5 Å². The number of nitrogens with zero attached hydrogens (tertiary/aromatic N) is 1. The van der Waals surface area contributed by atoms with Gasteiger partial charge in [-0.1, -0.05) is 6.92 Å².